The molecule has 1 fully saturated rings. The summed E-state index contributed by atoms with van der Waals surface area (Å²) in [5.41, 5.74) is 1.10. The van der Waals surface area contributed by atoms with Gasteiger partial charge in [0.15, 0.2) is 0 Å². The molecule has 0 bridgehead atoms. The minimum atomic E-state index is -3.51. The molecule has 0 aliphatic heterocycles. The van der Waals surface area contributed by atoms with Gasteiger partial charge in [0, 0.05) is 11.6 Å². The first-order valence-electron chi connectivity index (χ1n) is 5.59. The van der Waals surface area contributed by atoms with Crippen LogP contribution in [-0.2, 0) is 10.2 Å². The van der Waals surface area contributed by atoms with Crippen LogP contribution in [0.3, 0.4) is 0 Å². The molecule has 1 saturated carbocycles. The van der Waals surface area contributed by atoms with E-state index in [1.807, 2.05) is 0 Å². The third-order valence-corrected chi connectivity index (χ3v) is 3.47. The predicted octanol–water partition coefficient (Wildman–Crippen LogP) is 0.439. The fraction of sp³-hybridized carbons (Fsp3) is 0.333. The van der Waals surface area contributed by atoms with Crippen molar-refractivity contribution in [1.82, 2.24) is 4.72 Å². The number of hydrogen-bond acceptors (Lipinski definition) is 3. The Hall–Kier alpha value is -1.55. The van der Waals surface area contributed by atoms with Crippen LogP contribution in [0, 0.1) is 11.8 Å². The van der Waals surface area contributed by atoms with Crippen LogP contribution in [0.1, 0.15) is 18.4 Å². The van der Waals surface area contributed by atoms with Gasteiger partial charge in [0.25, 0.3) is 10.2 Å². The lowest BCUT2D eigenvalue weighted by Gasteiger charge is -2.08. The average molecular weight is 266 g/mol. The number of benzene rings is 1. The van der Waals surface area contributed by atoms with Gasteiger partial charge in [0.05, 0.1) is 5.69 Å². The summed E-state index contributed by atoms with van der Waals surface area (Å²) in [6.45, 7) is -0.223. The summed E-state index contributed by atoms with van der Waals surface area (Å²) in [4.78, 5) is 0. The van der Waals surface area contributed by atoms with Crippen LogP contribution in [0.15, 0.2) is 24.3 Å². The number of anilines is 1. The van der Waals surface area contributed by atoms with Gasteiger partial charge >= 0.3 is 0 Å². The molecule has 0 aromatic heterocycles. The Balaban J connectivity index is 2.08. The third kappa shape index (κ3) is 4.04. The second-order valence-corrected chi connectivity index (χ2v) is 5.49. The summed E-state index contributed by atoms with van der Waals surface area (Å²) in [5, 5.41) is 8.59. The first-order chi connectivity index (χ1) is 8.59. The summed E-state index contributed by atoms with van der Waals surface area (Å²) in [6.07, 6.45) is 1.78. The highest BCUT2D eigenvalue weighted by molar-refractivity contribution is 7.90. The zero-order valence-electron chi connectivity index (χ0n) is 9.68. The molecular weight excluding hydrogens is 252 g/mol. The molecule has 5 nitrogen and oxygen atoms in total. The van der Waals surface area contributed by atoms with Gasteiger partial charge in [-0.3, -0.25) is 4.72 Å². The molecule has 0 saturated heterocycles. The second kappa shape index (κ2) is 5.40. The van der Waals surface area contributed by atoms with E-state index >= 15 is 0 Å². The molecule has 1 aromatic rings. The normalized spacial score (nSPS) is 14.7. The van der Waals surface area contributed by atoms with Gasteiger partial charge in [-0.2, -0.15) is 13.1 Å². The Kier molecular flexibility index (Phi) is 3.87. The van der Waals surface area contributed by atoms with Crippen LogP contribution in [0.2, 0.25) is 0 Å². The number of aliphatic hydroxyl groups is 1. The van der Waals surface area contributed by atoms with E-state index in [4.69, 9.17) is 5.11 Å². The van der Waals surface area contributed by atoms with Crippen molar-refractivity contribution in [3.05, 3.63) is 29.8 Å². The predicted molar refractivity (Wildman–Crippen MR) is 69.1 cm³/mol. The zero-order valence-corrected chi connectivity index (χ0v) is 10.5. The molecule has 1 aromatic carbocycles. The number of hydrogen-bond donors (Lipinski definition) is 3. The zero-order chi connectivity index (χ0) is 13.0. The van der Waals surface area contributed by atoms with E-state index in [1.165, 1.54) is 0 Å². The van der Waals surface area contributed by atoms with E-state index in [0.717, 1.165) is 12.8 Å². The molecule has 1 aliphatic carbocycles. The van der Waals surface area contributed by atoms with E-state index in [0.29, 0.717) is 11.3 Å². The fourth-order valence-electron chi connectivity index (χ4n) is 1.41. The highest BCUT2D eigenvalue weighted by Crippen LogP contribution is 2.20. The van der Waals surface area contributed by atoms with Gasteiger partial charge in [-0.1, -0.05) is 17.9 Å². The van der Waals surface area contributed by atoms with Crippen molar-refractivity contribution >= 4 is 15.9 Å². The molecule has 2 rings (SSSR count). The Labute approximate surface area is 106 Å². The quantitative estimate of drug-likeness (QED) is 0.692. The van der Waals surface area contributed by atoms with Crippen molar-refractivity contribution in [3.63, 3.8) is 0 Å². The molecule has 0 amide bonds. The topological polar surface area (TPSA) is 78.4 Å². The number of rotatable bonds is 4. The van der Waals surface area contributed by atoms with Gasteiger partial charge < -0.3 is 5.11 Å². The largest absolute Gasteiger partial charge is 0.384 e. The summed E-state index contributed by atoms with van der Waals surface area (Å²) in [7, 11) is -3.51. The molecular formula is C12H14N2O3S. The average Bonchev–Trinajstić information content (AvgIpc) is 3.09. The lowest BCUT2D eigenvalue weighted by atomic mass is 10.2. The minimum Gasteiger partial charge on any atom is -0.384 e. The van der Waals surface area contributed by atoms with Gasteiger partial charge in [0.1, 0.15) is 6.61 Å². The molecule has 0 unspecified atom stereocenters. The Morgan fingerprint density at radius 3 is 2.83 bits per heavy atom. The smallest absolute Gasteiger partial charge is 0.299 e. The first-order valence-corrected chi connectivity index (χ1v) is 7.07. The molecule has 96 valence electrons. The Morgan fingerprint density at radius 1 is 1.39 bits per heavy atom. The maximum atomic E-state index is 11.7. The van der Waals surface area contributed by atoms with Crippen molar-refractivity contribution in [2.45, 2.75) is 18.9 Å². The molecule has 0 spiro atoms. The minimum absolute atomic E-state index is 0.0693. The highest BCUT2D eigenvalue weighted by atomic mass is 32.2. The lowest BCUT2D eigenvalue weighted by molar-refractivity contribution is 0.350. The van der Waals surface area contributed by atoms with Gasteiger partial charge in [-0.15, -0.1) is 0 Å². The number of aliphatic hydroxyl groups excluding tert-OH is 1. The standard InChI is InChI=1S/C12H14N2O3S/c15-8-2-4-10-3-1-5-12(9-10)14-18(16,17)13-11-6-7-11/h1,3,5,9,11,13-15H,6-8H2. The van der Waals surface area contributed by atoms with Crippen molar-refractivity contribution in [1.29, 1.82) is 0 Å². The van der Waals surface area contributed by atoms with Gasteiger partial charge in [-0.05, 0) is 31.0 Å². The van der Waals surface area contributed by atoms with Crippen molar-refractivity contribution in [3.8, 4) is 11.8 Å². The summed E-state index contributed by atoms with van der Waals surface area (Å²) in [6, 6.07) is 6.79. The Morgan fingerprint density at radius 2 is 2.17 bits per heavy atom. The molecule has 1 aliphatic rings. The first kappa shape index (κ1) is 12.9. The van der Waals surface area contributed by atoms with Crippen LogP contribution in [0.5, 0.6) is 0 Å². The second-order valence-electron chi connectivity index (χ2n) is 4.04. The van der Waals surface area contributed by atoms with Crippen LogP contribution in [0.25, 0.3) is 0 Å². The molecule has 0 radical (unpaired) electrons. The van der Waals surface area contributed by atoms with E-state index < -0.39 is 10.2 Å². The molecule has 6 heteroatoms. The van der Waals surface area contributed by atoms with Crippen LogP contribution in [0.4, 0.5) is 5.69 Å². The van der Waals surface area contributed by atoms with E-state index in [9.17, 15) is 8.42 Å². The third-order valence-electron chi connectivity index (χ3n) is 2.33. The van der Waals surface area contributed by atoms with E-state index in [1.54, 1.807) is 24.3 Å². The summed E-state index contributed by atoms with van der Waals surface area (Å²) in [5.74, 6) is 5.23. The summed E-state index contributed by atoms with van der Waals surface area (Å²) >= 11 is 0. The van der Waals surface area contributed by atoms with Crippen LogP contribution in [-0.4, -0.2) is 26.2 Å². The fourth-order valence-corrected chi connectivity index (χ4v) is 2.58. The van der Waals surface area contributed by atoms with E-state index in [2.05, 4.69) is 21.3 Å². The lowest BCUT2D eigenvalue weighted by Crippen LogP contribution is -2.31. The molecule has 18 heavy (non-hydrogen) atoms. The van der Waals surface area contributed by atoms with Gasteiger partial charge in [-0.25, -0.2) is 0 Å². The number of nitrogens with one attached hydrogen (secondary N) is 2. The van der Waals surface area contributed by atoms with Crippen molar-refractivity contribution in [2.24, 2.45) is 0 Å². The molecule has 0 heterocycles. The summed E-state index contributed by atoms with van der Waals surface area (Å²) < 4.78 is 28.3. The maximum absolute atomic E-state index is 11.7. The molecule has 3 N–H and O–H groups in total. The van der Waals surface area contributed by atoms with Crippen LogP contribution >= 0.6 is 0 Å². The van der Waals surface area contributed by atoms with E-state index in [-0.39, 0.29) is 12.6 Å². The monoisotopic (exact) mass is 266 g/mol. The highest BCUT2D eigenvalue weighted by Gasteiger charge is 2.26. The maximum Gasteiger partial charge on any atom is 0.299 e. The molecule has 0 atom stereocenters. The van der Waals surface area contributed by atoms with Crippen molar-refractivity contribution in [2.75, 3.05) is 11.3 Å². The van der Waals surface area contributed by atoms with Crippen LogP contribution < -0.4 is 9.44 Å². The van der Waals surface area contributed by atoms with Crippen molar-refractivity contribution < 1.29 is 13.5 Å². The van der Waals surface area contributed by atoms with Gasteiger partial charge in [0.2, 0.25) is 0 Å². The SMILES string of the molecule is O=S(=O)(Nc1cccc(C#CCO)c1)NC1CC1. The Bertz CT molecular complexity index is 583.